The fourth-order valence-electron chi connectivity index (χ4n) is 1.71. The summed E-state index contributed by atoms with van der Waals surface area (Å²) in [4.78, 5) is 15.5. The second kappa shape index (κ2) is 5.05. The largest absolute Gasteiger partial charge is 0.294 e. The van der Waals surface area contributed by atoms with Crippen molar-refractivity contribution in [1.82, 2.24) is 14.8 Å². The van der Waals surface area contributed by atoms with E-state index >= 15 is 0 Å². The molecule has 0 saturated carbocycles. The molecule has 7 heteroatoms. The van der Waals surface area contributed by atoms with Crippen molar-refractivity contribution in [3.05, 3.63) is 40.3 Å². The molecule has 100 valence electrons. The molecular weight excluding hydrogens is 276 g/mol. The van der Waals surface area contributed by atoms with E-state index in [2.05, 4.69) is 10.1 Å². The molecule has 0 aromatic carbocycles. The summed E-state index contributed by atoms with van der Waals surface area (Å²) in [7, 11) is 0. The molecule has 2 rings (SSSR count). The molecule has 0 N–H and O–H groups in total. The molecule has 19 heavy (non-hydrogen) atoms. The summed E-state index contributed by atoms with van der Waals surface area (Å²) in [5.41, 5.74) is 0.274. The Labute approximate surface area is 113 Å². The van der Waals surface area contributed by atoms with E-state index in [-0.39, 0.29) is 28.0 Å². The fraction of sp³-hybridized carbons (Fsp3) is 0.250. The molecule has 0 saturated heterocycles. The van der Waals surface area contributed by atoms with Gasteiger partial charge in [-0.3, -0.25) is 4.79 Å². The Balaban J connectivity index is 2.70. The number of Topliss-reactive ketones (excluding diaryl/α,β-unsaturated/α-hetero) is 1. The van der Waals surface area contributed by atoms with Crippen LogP contribution in [0.1, 0.15) is 35.1 Å². The summed E-state index contributed by atoms with van der Waals surface area (Å²) in [6.45, 7) is 2.91. The summed E-state index contributed by atoms with van der Waals surface area (Å²) >= 11 is 5.76. The third-order valence-corrected chi connectivity index (χ3v) is 2.71. The molecule has 2 aromatic heterocycles. The van der Waals surface area contributed by atoms with Crippen LogP contribution in [-0.2, 0) is 0 Å². The van der Waals surface area contributed by atoms with Crippen LogP contribution in [0.5, 0.6) is 0 Å². The zero-order chi connectivity index (χ0) is 14.2. The first-order chi connectivity index (χ1) is 8.90. The van der Waals surface area contributed by atoms with Crippen molar-refractivity contribution in [2.45, 2.75) is 20.3 Å². The highest BCUT2D eigenvalue weighted by molar-refractivity contribution is 6.29. The van der Waals surface area contributed by atoms with Crippen LogP contribution in [0.3, 0.4) is 0 Å². The maximum Gasteiger partial charge on any atom is 0.280 e. The van der Waals surface area contributed by atoms with Crippen LogP contribution in [0.15, 0.2) is 18.2 Å². The first kappa shape index (κ1) is 13.6. The van der Waals surface area contributed by atoms with Crippen LogP contribution in [0.4, 0.5) is 8.78 Å². The Morgan fingerprint density at radius 2 is 2.11 bits per heavy atom. The molecule has 0 aliphatic rings. The number of aromatic nitrogens is 3. The van der Waals surface area contributed by atoms with Gasteiger partial charge in [-0.1, -0.05) is 11.6 Å². The number of aryl methyl sites for hydroxylation is 1. The predicted molar refractivity (Wildman–Crippen MR) is 66.1 cm³/mol. The van der Waals surface area contributed by atoms with Crippen molar-refractivity contribution in [3.8, 4) is 5.82 Å². The van der Waals surface area contributed by atoms with E-state index in [1.54, 1.807) is 6.92 Å². The number of hydrogen-bond acceptors (Lipinski definition) is 3. The zero-order valence-corrected chi connectivity index (χ0v) is 10.9. The van der Waals surface area contributed by atoms with Crippen molar-refractivity contribution in [2.75, 3.05) is 0 Å². The third-order valence-electron chi connectivity index (χ3n) is 2.50. The zero-order valence-electron chi connectivity index (χ0n) is 10.2. The van der Waals surface area contributed by atoms with Crippen LogP contribution in [-0.4, -0.2) is 20.5 Å². The van der Waals surface area contributed by atoms with E-state index in [0.717, 1.165) is 4.68 Å². The monoisotopic (exact) mass is 285 g/mol. The molecule has 2 heterocycles. The lowest BCUT2D eigenvalue weighted by Crippen LogP contribution is -2.10. The number of hydrogen-bond donors (Lipinski definition) is 0. The average Bonchev–Trinajstić information content (AvgIpc) is 2.70. The number of carbonyl (C=O) groups is 1. The van der Waals surface area contributed by atoms with E-state index in [1.165, 1.54) is 25.1 Å². The lowest BCUT2D eigenvalue weighted by molar-refractivity contribution is 0.101. The number of rotatable bonds is 3. The summed E-state index contributed by atoms with van der Waals surface area (Å²) in [6, 6.07) is 4.12. The van der Waals surface area contributed by atoms with Gasteiger partial charge in [-0.2, -0.15) is 5.10 Å². The predicted octanol–water partition coefficient (Wildman–Crippen LogP) is 3.37. The molecule has 4 nitrogen and oxygen atoms in total. The Morgan fingerprint density at radius 3 is 2.68 bits per heavy atom. The standard InChI is InChI=1S/C12H10ClF2N3O/c1-6-5-9(11(14)15)18(17-6)12-8(7(2)19)3-4-10(13)16-12/h3-5,11H,1-2H3. The molecule has 0 atom stereocenters. The third kappa shape index (κ3) is 2.63. The van der Waals surface area contributed by atoms with Crippen LogP contribution >= 0.6 is 11.6 Å². The van der Waals surface area contributed by atoms with Crippen molar-refractivity contribution >= 4 is 17.4 Å². The highest BCUT2D eigenvalue weighted by atomic mass is 35.5. The smallest absolute Gasteiger partial charge is 0.280 e. The summed E-state index contributed by atoms with van der Waals surface area (Å²) < 4.78 is 26.9. The van der Waals surface area contributed by atoms with Gasteiger partial charge in [0.25, 0.3) is 6.43 Å². The Bertz CT molecular complexity index is 640. The lowest BCUT2D eigenvalue weighted by atomic mass is 10.2. The normalized spacial score (nSPS) is 11.1. The second-order valence-corrected chi connectivity index (χ2v) is 4.37. The molecular formula is C12H10ClF2N3O. The van der Waals surface area contributed by atoms with Gasteiger partial charge in [-0.15, -0.1) is 0 Å². The molecule has 0 fully saturated rings. The van der Waals surface area contributed by atoms with Crippen LogP contribution in [0.25, 0.3) is 5.82 Å². The fourth-order valence-corrected chi connectivity index (χ4v) is 1.85. The number of alkyl halides is 2. The quantitative estimate of drug-likeness (QED) is 0.642. The maximum absolute atomic E-state index is 13.0. The van der Waals surface area contributed by atoms with E-state index < -0.39 is 6.43 Å². The highest BCUT2D eigenvalue weighted by Gasteiger charge is 2.21. The maximum atomic E-state index is 13.0. The van der Waals surface area contributed by atoms with Gasteiger partial charge >= 0.3 is 0 Å². The van der Waals surface area contributed by atoms with E-state index in [1.807, 2.05) is 0 Å². The summed E-state index contributed by atoms with van der Waals surface area (Å²) in [6.07, 6.45) is -2.72. The molecule has 0 spiro atoms. The van der Waals surface area contributed by atoms with E-state index in [4.69, 9.17) is 11.6 Å². The van der Waals surface area contributed by atoms with Crippen molar-refractivity contribution in [2.24, 2.45) is 0 Å². The van der Waals surface area contributed by atoms with E-state index in [9.17, 15) is 13.6 Å². The van der Waals surface area contributed by atoms with Gasteiger partial charge in [0, 0.05) is 0 Å². The van der Waals surface area contributed by atoms with Crippen LogP contribution in [0, 0.1) is 6.92 Å². The Morgan fingerprint density at radius 1 is 1.42 bits per heavy atom. The van der Waals surface area contributed by atoms with Gasteiger partial charge < -0.3 is 0 Å². The average molecular weight is 286 g/mol. The highest BCUT2D eigenvalue weighted by Crippen LogP contribution is 2.25. The van der Waals surface area contributed by atoms with Gasteiger partial charge in [-0.25, -0.2) is 18.4 Å². The molecule has 0 unspecified atom stereocenters. The molecule has 0 radical (unpaired) electrons. The first-order valence-electron chi connectivity index (χ1n) is 5.42. The molecule has 2 aromatic rings. The van der Waals surface area contributed by atoms with E-state index in [0.29, 0.717) is 5.69 Å². The first-order valence-corrected chi connectivity index (χ1v) is 5.80. The minimum absolute atomic E-state index is 0.0170. The number of pyridine rings is 1. The number of halogens is 3. The van der Waals surface area contributed by atoms with Crippen LogP contribution < -0.4 is 0 Å². The van der Waals surface area contributed by atoms with Gasteiger partial charge in [-0.05, 0) is 32.0 Å². The van der Waals surface area contributed by atoms with Gasteiger partial charge in [0.2, 0.25) is 0 Å². The molecule has 0 bridgehead atoms. The van der Waals surface area contributed by atoms with Crippen molar-refractivity contribution < 1.29 is 13.6 Å². The van der Waals surface area contributed by atoms with Crippen molar-refractivity contribution in [1.29, 1.82) is 0 Å². The van der Waals surface area contributed by atoms with Gasteiger partial charge in [0.1, 0.15) is 10.8 Å². The van der Waals surface area contributed by atoms with Crippen LogP contribution in [0.2, 0.25) is 5.15 Å². The Hall–Kier alpha value is -1.82. The molecule has 0 aliphatic carbocycles. The minimum atomic E-state index is -2.72. The minimum Gasteiger partial charge on any atom is -0.294 e. The number of carbonyl (C=O) groups excluding carboxylic acids is 1. The molecule has 0 aliphatic heterocycles. The summed E-state index contributed by atoms with van der Waals surface area (Å²) in [5.74, 6) is -0.282. The second-order valence-electron chi connectivity index (χ2n) is 3.98. The Kier molecular flexibility index (Phi) is 3.61. The van der Waals surface area contributed by atoms with Gasteiger partial charge in [0.05, 0.1) is 11.3 Å². The molecule has 0 amide bonds. The summed E-state index contributed by atoms with van der Waals surface area (Å²) in [5, 5.41) is 4.05. The lowest BCUT2D eigenvalue weighted by Gasteiger charge is -2.09. The SMILES string of the molecule is CC(=O)c1ccc(Cl)nc1-n1nc(C)cc1C(F)F. The topological polar surface area (TPSA) is 47.8 Å². The van der Waals surface area contributed by atoms with Gasteiger partial charge in [0.15, 0.2) is 11.6 Å². The number of nitrogens with zero attached hydrogens (tertiary/aromatic N) is 3. The number of ketones is 1. The van der Waals surface area contributed by atoms with Crippen molar-refractivity contribution in [3.63, 3.8) is 0 Å².